The van der Waals surface area contributed by atoms with E-state index in [2.05, 4.69) is 43.5 Å². The lowest BCUT2D eigenvalue weighted by atomic mass is 9.94. The highest BCUT2D eigenvalue weighted by Crippen LogP contribution is 2.28. The van der Waals surface area contributed by atoms with E-state index in [4.69, 9.17) is 9.73 Å². The molecule has 0 radical (unpaired) electrons. The fourth-order valence-electron chi connectivity index (χ4n) is 3.83. The van der Waals surface area contributed by atoms with Crippen LogP contribution in [0.4, 0.5) is 0 Å². The number of rotatable bonds is 12. The molecule has 1 heterocycles. The van der Waals surface area contributed by atoms with Gasteiger partial charge in [0, 0.05) is 24.9 Å². The molecule has 0 spiro atoms. The second-order valence-corrected chi connectivity index (χ2v) is 10.2. The second-order valence-electron chi connectivity index (χ2n) is 9.23. The van der Waals surface area contributed by atoms with Crippen molar-refractivity contribution in [3.63, 3.8) is 0 Å². The normalized spacial score (nSPS) is 12.4. The van der Waals surface area contributed by atoms with Crippen molar-refractivity contribution in [2.45, 2.75) is 60.8 Å². The molecule has 0 saturated carbocycles. The van der Waals surface area contributed by atoms with Crippen molar-refractivity contribution >= 4 is 28.9 Å². The lowest BCUT2D eigenvalue weighted by Crippen LogP contribution is -2.34. The zero-order valence-corrected chi connectivity index (χ0v) is 22.9. The summed E-state index contributed by atoms with van der Waals surface area (Å²) in [6.45, 7) is 12.6. The molecule has 2 rings (SSSR count). The van der Waals surface area contributed by atoms with E-state index in [-0.39, 0.29) is 11.8 Å². The van der Waals surface area contributed by atoms with Crippen LogP contribution in [0, 0.1) is 12.8 Å². The Morgan fingerprint density at radius 1 is 1.09 bits per heavy atom. The molecule has 190 valence electrons. The Morgan fingerprint density at radius 2 is 1.80 bits per heavy atom. The number of thiophene rings is 1. The molecule has 0 saturated heterocycles. The van der Waals surface area contributed by atoms with Gasteiger partial charge in [-0.25, -0.2) is 4.99 Å². The van der Waals surface area contributed by atoms with Crippen molar-refractivity contribution < 1.29 is 14.3 Å². The number of hydrogen-bond donors (Lipinski definition) is 2. The number of carbonyl (C=O) groups excluding carboxylic acids is 2. The first kappa shape index (κ1) is 28.3. The number of methoxy groups -OCH3 is 1. The molecule has 0 bridgehead atoms. The number of amides is 2. The number of carbonyl (C=O) groups is 2. The van der Waals surface area contributed by atoms with E-state index < -0.39 is 0 Å². The highest BCUT2D eigenvalue weighted by Gasteiger charge is 2.15. The van der Waals surface area contributed by atoms with Crippen molar-refractivity contribution in [2.75, 3.05) is 20.2 Å². The maximum atomic E-state index is 13.1. The molecular weight excluding hydrogens is 458 g/mol. The van der Waals surface area contributed by atoms with Gasteiger partial charge in [0.05, 0.1) is 12.8 Å². The molecule has 2 amide bonds. The molecule has 0 aliphatic rings. The van der Waals surface area contributed by atoms with Crippen LogP contribution in [0.5, 0.6) is 5.75 Å². The van der Waals surface area contributed by atoms with Crippen molar-refractivity contribution in [1.29, 1.82) is 0 Å². The molecule has 35 heavy (non-hydrogen) atoms. The molecule has 0 fully saturated rings. The Balaban J connectivity index is 2.27. The van der Waals surface area contributed by atoms with E-state index in [1.54, 1.807) is 18.4 Å². The maximum Gasteiger partial charge on any atom is 0.269 e. The lowest BCUT2D eigenvalue weighted by Gasteiger charge is -2.16. The van der Waals surface area contributed by atoms with Crippen LogP contribution in [0.1, 0.15) is 62.6 Å². The number of hydrogen-bond acceptors (Lipinski definition) is 5. The van der Waals surface area contributed by atoms with Crippen LogP contribution >= 0.6 is 11.3 Å². The largest absolute Gasteiger partial charge is 0.496 e. The summed E-state index contributed by atoms with van der Waals surface area (Å²) >= 11 is 1.60. The van der Waals surface area contributed by atoms with Crippen molar-refractivity contribution in [3.05, 3.63) is 62.5 Å². The van der Waals surface area contributed by atoms with Gasteiger partial charge in [0.2, 0.25) is 5.91 Å². The highest BCUT2D eigenvalue weighted by atomic mass is 32.1. The van der Waals surface area contributed by atoms with Gasteiger partial charge in [0.1, 0.15) is 11.4 Å². The van der Waals surface area contributed by atoms with Crippen LogP contribution in [0.2, 0.25) is 0 Å². The van der Waals surface area contributed by atoms with Gasteiger partial charge >= 0.3 is 0 Å². The number of nitrogens with one attached hydrogen (secondary N) is 2. The van der Waals surface area contributed by atoms with E-state index >= 15 is 0 Å². The Morgan fingerprint density at radius 3 is 2.40 bits per heavy atom. The third kappa shape index (κ3) is 8.98. The van der Waals surface area contributed by atoms with Crippen LogP contribution in [-0.2, 0) is 22.4 Å². The van der Waals surface area contributed by atoms with Gasteiger partial charge in [-0.1, -0.05) is 26.0 Å². The molecule has 0 atom stereocenters. The van der Waals surface area contributed by atoms with Crippen LogP contribution in [0.15, 0.2) is 45.9 Å². The summed E-state index contributed by atoms with van der Waals surface area (Å²) in [5.41, 5.74) is 5.82. The molecule has 1 aromatic carbocycles. The Kier molecular flexibility index (Phi) is 11.2. The average Bonchev–Trinajstić information content (AvgIpc) is 3.34. The Bertz CT molecular complexity index is 1070. The van der Waals surface area contributed by atoms with Crippen molar-refractivity contribution in [2.24, 2.45) is 10.9 Å². The van der Waals surface area contributed by atoms with E-state index in [1.807, 2.05) is 31.4 Å². The summed E-state index contributed by atoms with van der Waals surface area (Å²) in [6.07, 6.45) is 2.46. The summed E-state index contributed by atoms with van der Waals surface area (Å²) in [6, 6.07) is 8.33. The topological polar surface area (TPSA) is 79.8 Å². The molecule has 1 aromatic heterocycles. The van der Waals surface area contributed by atoms with Gasteiger partial charge in [0.25, 0.3) is 5.91 Å². The number of ether oxygens (including phenoxy) is 1. The van der Waals surface area contributed by atoms with Gasteiger partial charge in [-0.3, -0.25) is 9.59 Å². The minimum absolute atomic E-state index is 0.122. The first-order chi connectivity index (χ1) is 16.6. The monoisotopic (exact) mass is 497 g/mol. The third-order valence-corrected chi connectivity index (χ3v) is 6.68. The van der Waals surface area contributed by atoms with E-state index in [0.29, 0.717) is 31.1 Å². The first-order valence-electron chi connectivity index (χ1n) is 12.1. The van der Waals surface area contributed by atoms with E-state index in [0.717, 1.165) is 34.8 Å². The quantitative estimate of drug-likeness (QED) is 0.239. The molecule has 6 nitrogen and oxygen atoms in total. The molecule has 2 N–H and O–H groups in total. The number of aryl methyl sites for hydroxylation is 2. The van der Waals surface area contributed by atoms with E-state index in [1.165, 1.54) is 23.6 Å². The van der Waals surface area contributed by atoms with Crippen LogP contribution in [0.3, 0.4) is 0 Å². The lowest BCUT2D eigenvalue weighted by molar-refractivity contribution is -0.120. The van der Waals surface area contributed by atoms with Crippen LogP contribution < -0.4 is 15.4 Å². The Labute approximate surface area is 213 Å². The minimum Gasteiger partial charge on any atom is -0.496 e. The molecule has 2 aromatic rings. The fourth-order valence-corrected chi connectivity index (χ4v) is 4.51. The summed E-state index contributed by atoms with van der Waals surface area (Å²) in [7, 11) is 1.72. The highest BCUT2D eigenvalue weighted by molar-refractivity contribution is 7.12. The van der Waals surface area contributed by atoms with Gasteiger partial charge in [-0.15, -0.1) is 11.3 Å². The van der Waals surface area contributed by atoms with Crippen LogP contribution in [-0.4, -0.2) is 37.7 Å². The van der Waals surface area contributed by atoms with Crippen molar-refractivity contribution in [1.82, 2.24) is 10.6 Å². The Hall–Kier alpha value is -2.93. The number of nitrogens with zero attached hydrogens (tertiary/aromatic N) is 1. The van der Waals surface area contributed by atoms with Crippen LogP contribution in [0.25, 0.3) is 0 Å². The standard InChI is InChI=1S/C28H39N3O3S/c1-18(2)15-24-16-20(4)23(17-25(24)34-7)11-10-19(3)27(28(33)30-13-12-29-22(6)32)31-21(5)26-9-8-14-35-26/h8-9,14,16-18H,10-13,15H2,1-7H3,(H,29,32)(H,30,33)/b27-19+,31-21+. The number of allylic oxidation sites excluding steroid dienone is 1. The average molecular weight is 498 g/mol. The second kappa shape index (κ2) is 13.8. The third-order valence-electron chi connectivity index (χ3n) is 5.70. The predicted molar refractivity (Wildman–Crippen MR) is 146 cm³/mol. The summed E-state index contributed by atoms with van der Waals surface area (Å²) in [5.74, 6) is 1.12. The number of aliphatic imine (C=N–C) groups is 1. The zero-order chi connectivity index (χ0) is 26.0. The molecule has 7 heteroatoms. The SMILES string of the molecule is COc1cc(CC/C(C)=C(/N=C(\C)c2cccs2)C(=O)NCCNC(C)=O)c(C)cc1CC(C)C. The molecular formula is C28H39N3O3S. The minimum atomic E-state index is -0.231. The van der Waals surface area contributed by atoms with E-state index in [9.17, 15) is 9.59 Å². The summed E-state index contributed by atoms with van der Waals surface area (Å²) < 4.78 is 5.67. The summed E-state index contributed by atoms with van der Waals surface area (Å²) in [5, 5.41) is 7.58. The first-order valence-corrected chi connectivity index (χ1v) is 13.0. The maximum absolute atomic E-state index is 13.1. The van der Waals surface area contributed by atoms with Crippen molar-refractivity contribution in [3.8, 4) is 5.75 Å². The number of benzene rings is 1. The van der Waals surface area contributed by atoms with Gasteiger partial charge in [0.15, 0.2) is 0 Å². The summed E-state index contributed by atoms with van der Waals surface area (Å²) in [4.78, 5) is 29.9. The molecule has 0 aliphatic heterocycles. The predicted octanol–water partition coefficient (Wildman–Crippen LogP) is 5.23. The van der Waals surface area contributed by atoms with Gasteiger partial charge < -0.3 is 15.4 Å². The van der Waals surface area contributed by atoms with Gasteiger partial charge in [-0.05, 0) is 85.7 Å². The molecule has 0 aliphatic carbocycles. The van der Waals surface area contributed by atoms with Gasteiger partial charge in [-0.2, -0.15) is 0 Å². The molecule has 0 unspecified atom stereocenters. The zero-order valence-electron chi connectivity index (χ0n) is 22.1. The smallest absolute Gasteiger partial charge is 0.269 e. The fraction of sp³-hybridized carbons (Fsp3) is 0.464.